The van der Waals surface area contributed by atoms with Crippen LogP contribution in [-0.2, 0) is 4.74 Å². The zero-order valence-electron chi connectivity index (χ0n) is 70.5. The van der Waals surface area contributed by atoms with Crippen molar-refractivity contribution in [3.8, 4) is 56.8 Å². The summed E-state index contributed by atoms with van der Waals surface area (Å²) in [6.45, 7) is 8.63. The predicted molar refractivity (Wildman–Crippen MR) is 478 cm³/mol. The van der Waals surface area contributed by atoms with Gasteiger partial charge in [-0.3, -0.25) is 30.4 Å². The molecule has 18 rings (SSSR count). The van der Waals surface area contributed by atoms with E-state index in [0.29, 0.717) is 121 Å². The first-order valence-electron chi connectivity index (χ1n) is 40.4. The number of nitrogens with one attached hydrogen (secondary N) is 12. The van der Waals surface area contributed by atoms with Gasteiger partial charge in [-0.2, -0.15) is 60.3 Å². The fourth-order valence-corrected chi connectivity index (χ4v) is 14.0. The second-order valence-corrected chi connectivity index (χ2v) is 29.6. The standard InChI is InChI=1S/C23H19F2N9.C23H23F2N7O2.C22H19F2N7O2.C20H23F2N7O/c1-12(15-4-3-14(24)9-16(15)25)29-20-11-21(32-23(26)31-20)30-22-10-18(33-34-22)13-2-5-17-19(8-13)28-7-6-27-17;1-12(15-6-5-14(24)9-16(15)25)27-20-11-21(30-23(26)29-20)28-22-10-17(31-32-22)13-4-7-18(33-2)19(8-13)34-3;1-11(14-4-3-13(23)7-15(14)24)26-19-9-20(29-22(25)28-19)27-21-8-16(30-31-21)12-2-5-17-18(6-12)33-10-32-17;1-11(14-3-2-13(21)8-15(14)22)24-17-10-18(27-20(23)26-17)25-19-9-16(28-29-19)12-4-6-30-7-5-12/h2-12H,1H3,(H5,26,29,30,31,32,33,34);4-12H,1-3H3,(H5,26,27,28,29,30,31,32);2-9,11H,10H2,1H3,(H5,25,26,27,28,29,30,31);2-3,8-12H,4-7H2,1H3,(H5,23,24,25,26,27,28,29). The maximum Gasteiger partial charge on any atom is 0.231 e. The highest BCUT2D eigenvalue weighted by molar-refractivity contribution is 5.81. The monoisotopic (exact) mass is 1790 g/mol. The lowest BCUT2D eigenvalue weighted by molar-refractivity contribution is 0.0845. The molecule has 35 nitrogen and oxygen atoms in total. The summed E-state index contributed by atoms with van der Waals surface area (Å²) in [6, 6.07) is 42.5. The van der Waals surface area contributed by atoms with E-state index in [1.54, 1.807) is 96.8 Å². The lowest BCUT2D eigenvalue weighted by atomic mass is 9.97. The molecule has 1 fully saturated rings. The van der Waals surface area contributed by atoms with Crippen molar-refractivity contribution in [2.45, 2.75) is 70.6 Å². The van der Waals surface area contributed by atoms with Crippen molar-refractivity contribution in [2.75, 3.05) is 99.7 Å². The number of anilines is 16. The highest BCUT2D eigenvalue weighted by Crippen LogP contribution is 2.39. The molecule has 2 aliphatic rings. The van der Waals surface area contributed by atoms with Crippen molar-refractivity contribution < 1.29 is 58.8 Å². The molecule has 672 valence electrons. The van der Waals surface area contributed by atoms with Gasteiger partial charge in [0.1, 0.15) is 93.1 Å². The minimum Gasteiger partial charge on any atom is -0.493 e. The van der Waals surface area contributed by atoms with Gasteiger partial charge in [0, 0.05) is 149 Å². The minimum absolute atomic E-state index is 0.00919. The Balaban J connectivity index is 0.000000134. The lowest BCUT2D eigenvalue weighted by Gasteiger charge is -2.20. The molecule has 0 radical (unpaired) electrons. The van der Waals surface area contributed by atoms with E-state index in [0.717, 1.165) is 101 Å². The Hall–Kier alpha value is -16.8. The molecule has 4 atom stereocenters. The number of hydrogen-bond acceptors (Lipinski definition) is 31. The van der Waals surface area contributed by atoms with Crippen LogP contribution in [0.25, 0.3) is 44.8 Å². The van der Waals surface area contributed by atoms with Gasteiger partial charge in [0.2, 0.25) is 30.6 Å². The van der Waals surface area contributed by atoms with Gasteiger partial charge >= 0.3 is 0 Å². The number of fused-ring (bicyclic) bond motifs is 2. The van der Waals surface area contributed by atoms with E-state index in [9.17, 15) is 35.1 Å². The maximum atomic E-state index is 14.1. The summed E-state index contributed by atoms with van der Waals surface area (Å²) in [6.07, 6.45) is 5.19. The molecule has 11 heterocycles. The molecule has 0 spiro atoms. The molecule has 0 saturated carbocycles. The van der Waals surface area contributed by atoms with Crippen molar-refractivity contribution in [1.82, 2.24) is 90.6 Å². The first-order valence-corrected chi connectivity index (χ1v) is 40.4. The van der Waals surface area contributed by atoms with Gasteiger partial charge in [-0.25, -0.2) is 35.1 Å². The van der Waals surface area contributed by atoms with Gasteiger partial charge in [0.05, 0.1) is 66.5 Å². The highest BCUT2D eigenvalue weighted by Gasteiger charge is 2.24. The summed E-state index contributed by atoms with van der Waals surface area (Å²) in [5.74, 6) is 3.17. The average Bonchev–Trinajstić information content (AvgIpc) is 1.68. The van der Waals surface area contributed by atoms with E-state index in [1.807, 2.05) is 60.7 Å². The van der Waals surface area contributed by atoms with Crippen molar-refractivity contribution in [1.29, 1.82) is 0 Å². The number of rotatable bonds is 26. The Morgan fingerprint density at radius 3 is 1.08 bits per heavy atom. The Morgan fingerprint density at radius 1 is 0.344 bits per heavy atom. The van der Waals surface area contributed by atoms with Crippen LogP contribution in [0.5, 0.6) is 23.0 Å². The molecular weight excluding hydrogens is 1710 g/mol. The summed E-state index contributed by atoms with van der Waals surface area (Å²) in [7, 11) is 3.14. The molecule has 7 aromatic carbocycles. The zero-order valence-corrected chi connectivity index (χ0v) is 70.5. The van der Waals surface area contributed by atoms with Crippen molar-refractivity contribution in [3.63, 3.8) is 0 Å². The molecule has 0 aliphatic carbocycles. The summed E-state index contributed by atoms with van der Waals surface area (Å²) in [5.41, 5.74) is 32.1. The smallest absolute Gasteiger partial charge is 0.231 e. The minimum atomic E-state index is -0.653. The number of ether oxygens (including phenoxy) is 5. The number of H-pyrrole nitrogens is 4. The number of nitrogens with zero attached hydrogens (tertiary/aromatic N) is 14. The molecule has 4 unspecified atom stereocenters. The fraction of sp³-hybridized carbons (Fsp3) is 0.182. The molecule has 131 heavy (non-hydrogen) atoms. The van der Waals surface area contributed by atoms with Crippen LogP contribution in [0, 0.1) is 46.5 Å². The van der Waals surface area contributed by atoms with Crippen LogP contribution in [-0.4, -0.2) is 125 Å². The summed E-state index contributed by atoms with van der Waals surface area (Å²) >= 11 is 0. The van der Waals surface area contributed by atoms with Crippen molar-refractivity contribution >= 4 is 105 Å². The summed E-state index contributed by atoms with van der Waals surface area (Å²) in [5, 5.41) is 53.6. The van der Waals surface area contributed by atoms with Gasteiger partial charge in [0.25, 0.3) is 0 Å². The number of methoxy groups -OCH3 is 2. The third-order valence-corrected chi connectivity index (χ3v) is 20.3. The normalized spacial score (nSPS) is 13.0. The van der Waals surface area contributed by atoms with Crippen LogP contribution in [0.15, 0.2) is 188 Å². The Kier molecular flexibility index (Phi) is 27.4. The zero-order chi connectivity index (χ0) is 91.9. The van der Waals surface area contributed by atoms with Crippen molar-refractivity contribution in [3.05, 3.63) is 263 Å². The average molecular weight is 1790 g/mol. The largest absolute Gasteiger partial charge is 0.493 e. The first kappa shape index (κ1) is 89.1. The van der Waals surface area contributed by atoms with Gasteiger partial charge in [-0.05, 0) is 113 Å². The Bertz CT molecular complexity index is 6720. The second-order valence-electron chi connectivity index (χ2n) is 29.6. The highest BCUT2D eigenvalue weighted by atomic mass is 19.2. The number of nitrogens with two attached hydrogens (primary N) is 4. The van der Waals surface area contributed by atoms with E-state index >= 15 is 0 Å². The van der Waals surface area contributed by atoms with Gasteiger partial charge in [0.15, 0.2) is 46.3 Å². The second kappa shape index (κ2) is 40.3. The van der Waals surface area contributed by atoms with E-state index in [4.69, 9.17) is 46.6 Å². The molecule has 0 bridgehead atoms. The molecule has 20 N–H and O–H groups in total. The SMILES string of the molecule is CC(Nc1cc(Nc2cc(-c3ccc4c(c3)OCO4)[nH]n2)nc(N)n1)c1ccc(F)cc1F.CC(Nc1cc(Nc2cc(-c3ccc4nccnc4c3)[nH]n2)nc(N)n1)c1ccc(F)cc1F.CC(Nc1cc(Nc2cc(C3CCOCC3)[nH]n2)nc(N)n1)c1ccc(F)cc1F.COc1ccc(-c2cc(Nc3cc(NC(C)c4ccc(F)cc4F)nc(N)n3)n[nH]2)cc1OC. The van der Waals surface area contributed by atoms with Crippen LogP contribution in [0.1, 0.15) is 98.6 Å². The molecule has 16 aromatic rings. The summed E-state index contributed by atoms with van der Waals surface area (Å²) < 4.78 is 136. The summed E-state index contributed by atoms with van der Waals surface area (Å²) in [4.78, 5) is 41.9. The third kappa shape index (κ3) is 22.9. The number of halogens is 8. The lowest BCUT2D eigenvalue weighted by Crippen LogP contribution is -2.14. The number of hydrogen-bond donors (Lipinski definition) is 16. The van der Waals surface area contributed by atoms with Gasteiger partial charge in [-0.15, -0.1) is 0 Å². The van der Waals surface area contributed by atoms with E-state index in [2.05, 4.69) is 133 Å². The predicted octanol–water partition coefficient (Wildman–Crippen LogP) is 17.5. The van der Waals surface area contributed by atoms with Crippen LogP contribution in [0.4, 0.5) is 129 Å². The number of benzene rings is 7. The maximum absolute atomic E-state index is 14.1. The van der Waals surface area contributed by atoms with Crippen LogP contribution in [0.3, 0.4) is 0 Å². The number of aromatic amines is 4. The molecule has 0 amide bonds. The quantitative estimate of drug-likeness (QED) is 0.0224. The molecular formula is C88H84F8N30O5. The molecule has 1 saturated heterocycles. The van der Waals surface area contributed by atoms with Crippen LogP contribution >= 0.6 is 0 Å². The first-order chi connectivity index (χ1) is 63.2. The fourth-order valence-electron chi connectivity index (χ4n) is 14.0. The van der Waals surface area contributed by atoms with E-state index < -0.39 is 70.7 Å². The van der Waals surface area contributed by atoms with E-state index in [1.165, 1.54) is 48.5 Å². The van der Waals surface area contributed by atoms with Crippen LogP contribution in [0.2, 0.25) is 0 Å². The Morgan fingerprint density at radius 2 is 0.687 bits per heavy atom. The Labute approximate surface area is 740 Å². The van der Waals surface area contributed by atoms with Gasteiger partial charge < -0.3 is 89.2 Å². The van der Waals surface area contributed by atoms with Crippen molar-refractivity contribution in [2.24, 2.45) is 0 Å². The molecule has 43 heteroatoms. The van der Waals surface area contributed by atoms with E-state index in [-0.39, 0.29) is 30.6 Å². The molecule has 2 aliphatic heterocycles. The van der Waals surface area contributed by atoms with Crippen LogP contribution < -0.4 is 84.4 Å². The topological polar surface area (TPSA) is 490 Å². The van der Waals surface area contributed by atoms with Gasteiger partial charge in [-0.1, -0.05) is 30.3 Å². The number of nitrogen functional groups attached to an aromatic ring is 4. The number of aromatic nitrogens is 18. The molecule has 9 aromatic heterocycles. The third-order valence-electron chi connectivity index (χ3n) is 20.3.